The summed E-state index contributed by atoms with van der Waals surface area (Å²) in [5.41, 5.74) is 35.6. The van der Waals surface area contributed by atoms with Gasteiger partial charge in [0.2, 0.25) is 0 Å². The lowest BCUT2D eigenvalue weighted by atomic mass is 9.70. The number of nitrogens with zero attached hydrogens (tertiary/aromatic N) is 3. The number of para-hydroxylation sites is 3. The molecular formula is C114H79BBr3N3O4. The fourth-order valence-electron chi connectivity index (χ4n) is 21.6. The Labute approximate surface area is 748 Å². The van der Waals surface area contributed by atoms with Crippen molar-refractivity contribution in [3.05, 3.63) is 426 Å². The molecule has 0 amide bonds. The smallest absolute Gasteiger partial charge is 0.456 e. The number of pyridine rings is 1. The van der Waals surface area contributed by atoms with Crippen LogP contribution in [0.2, 0.25) is 0 Å². The van der Waals surface area contributed by atoms with Crippen LogP contribution >= 0.6 is 47.8 Å². The maximum absolute atomic E-state index is 13.1. The Morgan fingerprint density at radius 1 is 0.312 bits per heavy atom. The second-order valence-corrected chi connectivity index (χ2v) is 38.1. The highest BCUT2D eigenvalue weighted by Gasteiger charge is 2.54. The van der Waals surface area contributed by atoms with Crippen molar-refractivity contribution in [2.75, 3.05) is 0 Å². The molecule has 0 saturated carbocycles. The topological polar surface area (TPSA) is 62.9 Å². The fraction of sp³-hybridized carbons (Fsp3) is 0.0965. The predicted molar refractivity (Wildman–Crippen MR) is 529 cm³/mol. The number of rotatable bonds is 4. The standard InChI is InChI=1S/C37H22BrN.C36H30BNO3.C22H18.C19H9Br2NO/c38-23-18-21-34-29(22-23)27-19-20-33-35(36(27)39(34)24-10-2-1-3-11-24)28-14-6-9-17-32(28)37(33)30-15-7-4-12-25(30)26-13-5-8-16-31(26)37;1-35(2)36(3,4)41-37(40-35)29-14-10-16-33-34(29)28-22-24(18-20-32(28)39-33)23-17-19-31-27(21-23)26-13-8-9-15-30(26)38(31)25-11-6-5-7-12-25;1-22(2)20-10-6-5-9-17(20)19-12-15-11-14-7-3-4-8-16(14)18(15)13-21(19)22;20-10-5-6-17-14(7-10)16-9-11(21)8-15-12-3-1-2-4-13(12)19(23)22(17)18(15)16/h1-22H;5-22H,1-4H3;3-10,12-13H,11H2,1-2H3;1-9H. The molecule has 11 heteroatoms. The maximum atomic E-state index is 13.1. The third-order valence-electron chi connectivity index (χ3n) is 27.9. The van der Waals surface area contributed by atoms with Crippen molar-refractivity contribution in [3.63, 3.8) is 0 Å². The minimum Gasteiger partial charge on any atom is -0.456 e. The minimum atomic E-state index is -0.464. The van der Waals surface area contributed by atoms with Crippen LogP contribution in [0.15, 0.2) is 381 Å². The summed E-state index contributed by atoms with van der Waals surface area (Å²) in [7, 11) is -0.464. The summed E-state index contributed by atoms with van der Waals surface area (Å²) in [5.74, 6) is 0. The van der Waals surface area contributed by atoms with Gasteiger partial charge in [-0.2, -0.15) is 0 Å². The normalized spacial score (nSPS) is 14.8. The molecule has 0 atom stereocenters. The largest absolute Gasteiger partial charge is 0.495 e. The first-order valence-corrected chi connectivity index (χ1v) is 45.2. The van der Waals surface area contributed by atoms with Crippen LogP contribution in [0.1, 0.15) is 86.1 Å². The van der Waals surface area contributed by atoms with Gasteiger partial charge in [0.15, 0.2) is 0 Å². The van der Waals surface area contributed by atoms with E-state index in [2.05, 4.69) is 408 Å². The zero-order valence-electron chi connectivity index (χ0n) is 69.5. The zero-order valence-corrected chi connectivity index (χ0v) is 74.2. The van der Waals surface area contributed by atoms with Gasteiger partial charge >= 0.3 is 7.12 Å². The van der Waals surface area contributed by atoms with Gasteiger partial charge in [-0.15, -0.1) is 0 Å². The average Bonchev–Trinajstić information content (AvgIpc) is 1.49. The molecule has 0 bridgehead atoms. The second-order valence-electron chi connectivity index (χ2n) is 35.4. The summed E-state index contributed by atoms with van der Waals surface area (Å²) in [6.45, 7) is 13.1. The van der Waals surface area contributed by atoms with Crippen molar-refractivity contribution in [1.82, 2.24) is 13.5 Å². The van der Waals surface area contributed by atoms with Crippen LogP contribution in [-0.2, 0) is 26.6 Å². The van der Waals surface area contributed by atoms with Crippen molar-refractivity contribution in [2.24, 2.45) is 0 Å². The molecule has 598 valence electrons. The first-order valence-electron chi connectivity index (χ1n) is 42.8. The molecular weight excluding hydrogens is 1730 g/mol. The van der Waals surface area contributed by atoms with Crippen molar-refractivity contribution < 1.29 is 13.7 Å². The van der Waals surface area contributed by atoms with E-state index in [0.29, 0.717) is 0 Å². The average molecular weight is 1810 g/mol. The van der Waals surface area contributed by atoms with E-state index < -0.39 is 18.3 Å². The van der Waals surface area contributed by atoms with E-state index in [1.54, 1.807) is 0 Å². The van der Waals surface area contributed by atoms with E-state index in [4.69, 9.17) is 13.7 Å². The highest BCUT2D eigenvalue weighted by atomic mass is 79.9. The van der Waals surface area contributed by atoms with Gasteiger partial charge in [0.1, 0.15) is 11.2 Å². The van der Waals surface area contributed by atoms with Crippen LogP contribution in [0.3, 0.4) is 0 Å². The first kappa shape index (κ1) is 75.7. The molecule has 6 heterocycles. The second kappa shape index (κ2) is 28.3. The Hall–Kier alpha value is -13.0. The summed E-state index contributed by atoms with van der Waals surface area (Å²) in [6, 6.07) is 129. The number of halogens is 3. The molecule has 7 nitrogen and oxygen atoms in total. The lowest BCUT2D eigenvalue weighted by molar-refractivity contribution is 0.00578. The molecule has 0 unspecified atom stereocenters. The molecule has 1 fully saturated rings. The van der Waals surface area contributed by atoms with Crippen molar-refractivity contribution in [3.8, 4) is 67.0 Å². The van der Waals surface area contributed by atoms with Crippen molar-refractivity contribution in [1.29, 1.82) is 0 Å². The molecule has 17 aromatic carbocycles. The Balaban J connectivity index is 0.0000000968. The third-order valence-corrected chi connectivity index (χ3v) is 29.3. The van der Waals surface area contributed by atoms with Gasteiger partial charge in [0.05, 0.1) is 49.7 Å². The molecule has 1 saturated heterocycles. The highest BCUT2D eigenvalue weighted by molar-refractivity contribution is 9.11. The van der Waals surface area contributed by atoms with E-state index in [-0.39, 0.29) is 16.4 Å². The number of fused-ring (bicyclic) bond motifs is 31. The molecule has 0 N–H and O–H groups in total. The Bertz CT molecular complexity index is 8340. The Morgan fingerprint density at radius 3 is 1.50 bits per heavy atom. The minimum absolute atomic E-state index is 0.0396. The third kappa shape index (κ3) is 11.3. The summed E-state index contributed by atoms with van der Waals surface area (Å²) < 4.78 is 29.0. The van der Waals surface area contributed by atoms with Crippen LogP contribution in [0.5, 0.6) is 0 Å². The molecule has 4 aliphatic carbocycles. The SMILES string of the molecule is Brc1ccc2c(c1)c1ccc3c(c1n2-c1ccccc1)-c1ccccc1C31c2ccccc2-c2ccccc21.CC1(C)OB(c2cccc3oc4ccc(-c5ccc6c(c5)c5ccccc5n6-c5ccccc5)cc4c23)OC1(C)C.CC1(C)c2ccccc2-c2cc3c(cc21)-c1ccccc1C3.O=c1c2ccccc2c2cc(Br)cc3c4cc(Br)ccc4n1c23. The lowest BCUT2D eigenvalue weighted by Gasteiger charge is -2.32. The first-order chi connectivity index (χ1) is 60.9. The molecule has 0 radical (unpaired) electrons. The van der Waals surface area contributed by atoms with Gasteiger partial charge < -0.3 is 22.9 Å². The van der Waals surface area contributed by atoms with Gasteiger partial charge in [-0.3, -0.25) is 9.20 Å². The fourth-order valence-corrected chi connectivity index (χ4v) is 22.7. The summed E-state index contributed by atoms with van der Waals surface area (Å²) in [4.78, 5) is 13.1. The van der Waals surface area contributed by atoms with Gasteiger partial charge in [-0.25, -0.2) is 0 Å². The van der Waals surface area contributed by atoms with Gasteiger partial charge in [-0.1, -0.05) is 292 Å². The number of hydrogen-bond acceptors (Lipinski definition) is 4. The van der Waals surface area contributed by atoms with Crippen molar-refractivity contribution in [2.45, 2.75) is 70.0 Å². The molecule has 125 heavy (non-hydrogen) atoms. The Kier molecular flexibility index (Phi) is 17.1. The number of benzene rings is 17. The molecule has 22 aromatic rings. The lowest BCUT2D eigenvalue weighted by Crippen LogP contribution is -2.41. The number of furan rings is 1. The molecule has 1 spiro atoms. The maximum Gasteiger partial charge on any atom is 0.495 e. The van der Waals surface area contributed by atoms with Gasteiger partial charge in [0.25, 0.3) is 5.56 Å². The van der Waals surface area contributed by atoms with E-state index in [1.165, 1.54) is 138 Å². The van der Waals surface area contributed by atoms with Gasteiger partial charge in [0, 0.05) is 89.6 Å². The number of hydrogen-bond donors (Lipinski definition) is 0. The van der Waals surface area contributed by atoms with Crippen molar-refractivity contribution >= 4 is 164 Å². The van der Waals surface area contributed by atoms with Crippen LogP contribution < -0.4 is 11.0 Å². The molecule has 1 aliphatic heterocycles. The molecule has 27 rings (SSSR count). The highest BCUT2D eigenvalue weighted by Crippen LogP contribution is 2.65. The summed E-state index contributed by atoms with van der Waals surface area (Å²) in [5, 5.41) is 12.1. The van der Waals surface area contributed by atoms with E-state index in [1.807, 2.05) is 52.9 Å². The zero-order chi connectivity index (χ0) is 84.3. The molecule has 5 aliphatic rings. The number of aromatic nitrogens is 3. The van der Waals surface area contributed by atoms with Gasteiger partial charge in [-0.05, 0) is 267 Å². The van der Waals surface area contributed by atoms with Crippen LogP contribution in [0.25, 0.3) is 171 Å². The molecule has 5 aromatic heterocycles. The quantitative estimate of drug-likeness (QED) is 0.130. The van der Waals surface area contributed by atoms with E-state index in [0.717, 1.165) is 102 Å². The van der Waals surface area contributed by atoms with Crippen LogP contribution in [0, 0.1) is 0 Å². The summed E-state index contributed by atoms with van der Waals surface area (Å²) >= 11 is 10.9. The summed E-state index contributed by atoms with van der Waals surface area (Å²) in [6.07, 6.45) is 1.07. The monoisotopic (exact) mass is 1800 g/mol. The van der Waals surface area contributed by atoms with Crippen LogP contribution in [0.4, 0.5) is 0 Å². The van der Waals surface area contributed by atoms with E-state index in [9.17, 15) is 4.79 Å². The van der Waals surface area contributed by atoms with Crippen LogP contribution in [-0.4, -0.2) is 31.9 Å². The Morgan fingerprint density at radius 2 is 0.816 bits per heavy atom. The van der Waals surface area contributed by atoms with E-state index >= 15 is 0 Å². The predicted octanol–water partition coefficient (Wildman–Crippen LogP) is 29.8.